The zero-order valence-electron chi connectivity index (χ0n) is 18.2. The highest BCUT2D eigenvalue weighted by atomic mass is 32.2. The number of thioether (sulfide) groups is 1. The fourth-order valence-electron chi connectivity index (χ4n) is 4.18. The van der Waals surface area contributed by atoms with Crippen molar-refractivity contribution in [2.75, 3.05) is 54.1 Å². The molecule has 4 rings (SSSR count). The Morgan fingerprint density at radius 1 is 1.09 bits per heavy atom. The summed E-state index contributed by atoms with van der Waals surface area (Å²) in [5.41, 5.74) is 0. The molecular formula is C18H29N9O3S2. The van der Waals surface area contributed by atoms with E-state index < -0.39 is 9.84 Å². The van der Waals surface area contributed by atoms with E-state index in [4.69, 9.17) is 0 Å². The van der Waals surface area contributed by atoms with Crippen molar-refractivity contribution >= 4 is 45.2 Å². The second-order valence-electron chi connectivity index (χ2n) is 7.90. The number of hydrogen-bond acceptors (Lipinski definition) is 11. The van der Waals surface area contributed by atoms with Crippen LogP contribution in [0.4, 0.5) is 11.9 Å². The second-order valence-corrected chi connectivity index (χ2v) is 11.0. The van der Waals surface area contributed by atoms with Gasteiger partial charge in [-0.1, -0.05) is 11.8 Å². The van der Waals surface area contributed by atoms with Crippen LogP contribution in [0.1, 0.15) is 26.7 Å². The molecule has 2 aliphatic heterocycles. The molecule has 2 fully saturated rings. The van der Waals surface area contributed by atoms with Crippen molar-refractivity contribution in [3.8, 4) is 0 Å². The van der Waals surface area contributed by atoms with Crippen LogP contribution in [0.2, 0.25) is 0 Å². The standard InChI is InChI=1S/C18H29N9O3S2/c1-3-19-15-22-16(20-4-2)27-17(23-15)24-25-18(27)31-9-14(28)21-12-10-32(29,30)11-13(12)26-7-5-6-8-26/h12-13H,3-11H2,1-2H3,(H,21,28)(H2,19,20,22,23,24). The third kappa shape index (κ3) is 5.07. The van der Waals surface area contributed by atoms with Gasteiger partial charge in [-0.15, -0.1) is 10.2 Å². The highest BCUT2D eigenvalue weighted by Crippen LogP contribution is 2.24. The molecule has 12 nitrogen and oxygen atoms in total. The zero-order valence-corrected chi connectivity index (χ0v) is 19.9. The van der Waals surface area contributed by atoms with Gasteiger partial charge in [0.25, 0.3) is 5.78 Å². The van der Waals surface area contributed by atoms with Gasteiger partial charge in [0, 0.05) is 19.1 Å². The van der Waals surface area contributed by atoms with Gasteiger partial charge in [0.05, 0.1) is 23.3 Å². The van der Waals surface area contributed by atoms with E-state index in [0.29, 0.717) is 35.9 Å². The van der Waals surface area contributed by atoms with E-state index in [9.17, 15) is 13.2 Å². The summed E-state index contributed by atoms with van der Waals surface area (Å²) in [5, 5.41) is 17.9. The third-order valence-electron chi connectivity index (χ3n) is 5.53. The fraction of sp³-hybridized carbons (Fsp3) is 0.722. The molecular weight excluding hydrogens is 454 g/mol. The van der Waals surface area contributed by atoms with Crippen LogP contribution in [0.3, 0.4) is 0 Å². The van der Waals surface area contributed by atoms with Crippen molar-refractivity contribution in [1.29, 1.82) is 0 Å². The summed E-state index contributed by atoms with van der Waals surface area (Å²) in [6.07, 6.45) is 2.14. The quantitative estimate of drug-likeness (QED) is 0.409. The highest BCUT2D eigenvalue weighted by Gasteiger charge is 2.42. The Morgan fingerprint density at radius 3 is 2.56 bits per heavy atom. The minimum Gasteiger partial charge on any atom is -0.355 e. The lowest BCUT2D eigenvalue weighted by Crippen LogP contribution is -2.50. The van der Waals surface area contributed by atoms with Crippen LogP contribution in [0.5, 0.6) is 0 Å². The van der Waals surface area contributed by atoms with Gasteiger partial charge in [-0.05, 0) is 39.8 Å². The molecule has 0 bridgehead atoms. The largest absolute Gasteiger partial charge is 0.355 e. The van der Waals surface area contributed by atoms with Crippen LogP contribution in [0.15, 0.2) is 5.16 Å². The first-order valence-electron chi connectivity index (χ1n) is 10.9. The van der Waals surface area contributed by atoms with Crippen LogP contribution in [0.25, 0.3) is 5.78 Å². The molecule has 2 atom stereocenters. The first-order chi connectivity index (χ1) is 15.4. The molecule has 2 saturated heterocycles. The van der Waals surface area contributed by atoms with E-state index in [1.165, 1.54) is 11.8 Å². The van der Waals surface area contributed by atoms with Crippen molar-refractivity contribution in [3.05, 3.63) is 0 Å². The Hall–Kier alpha value is -2.19. The summed E-state index contributed by atoms with van der Waals surface area (Å²) in [4.78, 5) is 23.7. The van der Waals surface area contributed by atoms with E-state index in [2.05, 4.69) is 41.0 Å². The number of likely N-dealkylation sites (tertiary alicyclic amines) is 1. The molecule has 2 aliphatic rings. The van der Waals surface area contributed by atoms with Crippen LogP contribution < -0.4 is 16.0 Å². The van der Waals surface area contributed by atoms with Gasteiger partial charge in [-0.2, -0.15) is 9.97 Å². The van der Waals surface area contributed by atoms with Crippen molar-refractivity contribution < 1.29 is 13.2 Å². The molecule has 1 amide bonds. The van der Waals surface area contributed by atoms with Gasteiger partial charge < -0.3 is 16.0 Å². The molecule has 0 aromatic carbocycles. The molecule has 176 valence electrons. The fourth-order valence-corrected chi connectivity index (χ4v) is 6.87. The Labute approximate surface area is 191 Å². The minimum atomic E-state index is -3.16. The average molecular weight is 484 g/mol. The molecule has 2 aromatic heterocycles. The van der Waals surface area contributed by atoms with Gasteiger partial charge in [-0.3, -0.25) is 9.69 Å². The van der Waals surface area contributed by atoms with E-state index >= 15 is 0 Å². The number of carbonyl (C=O) groups excluding carboxylic acids is 1. The lowest BCUT2D eigenvalue weighted by molar-refractivity contribution is -0.119. The van der Waals surface area contributed by atoms with Crippen LogP contribution >= 0.6 is 11.8 Å². The van der Waals surface area contributed by atoms with Crippen molar-refractivity contribution in [1.82, 2.24) is 34.8 Å². The number of anilines is 2. The lowest BCUT2D eigenvalue weighted by atomic mass is 10.1. The number of nitrogens with zero attached hydrogens (tertiary/aromatic N) is 6. The first-order valence-corrected chi connectivity index (χ1v) is 13.7. The predicted molar refractivity (Wildman–Crippen MR) is 123 cm³/mol. The summed E-state index contributed by atoms with van der Waals surface area (Å²) in [6.45, 7) is 7.00. The maximum absolute atomic E-state index is 12.7. The molecule has 0 spiro atoms. The second kappa shape index (κ2) is 9.75. The number of fused-ring (bicyclic) bond motifs is 1. The molecule has 3 N–H and O–H groups in total. The minimum absolute atomic E-state index is 0.00987. The van der Waals surface area contributed by atoms with Crippen molar-refractivity contribution in [2.24, 2.45) is 0 Å². The smallest absolute Gasteiger partial charge is 0.261 e. The molecule has 14 heteroatoms. The topological polar surface area (TPSA) is 147 Å². The molecule has 0 saturated carbocycles. The SMILES string of the molecule is CCNc1nc(NCC)n2c(SCC(=O)NC3CS(=O)(=O)CC3N3CCCC3)nnc2n1. The van der Waals surface area contributed by atoms with Crippen molar-refractivity contribution in [2.45, 2.75) is 43.9 Å². The Kier molecular flexibility index (Phi) is 7.00. The predicted octanol–water partition coefficient (Wildman–Crippen LogP) is -0.147. The van der Waals surface area contributed by atoms with Crippen LogP contribution in [0, 0.1) is 0 Å². The normalized spacial score (nSPS) is 22.9. The number of sulfone groups is 1. The lowest BCUT2D eigenvalue weighted by Gasteiger charge is -2.28. The summed E-state index contributed by atoms with van der Waals surface area (Å²) in [7, 11) is -3.16. The number of carbonyl (C=O) groups is 1. The van der Waals surface area contributed by atoms with Gasteiger partial charge in [-0.25, -0.2) is 12.8 Å². The van der Waals surface area contributed by atoms with Gasteiger partial charge in [0.1, 0.15) is 0 Å². The molecule has 0 radical (unpaired) electrons. The summed E-state index contributed by atoms with van der Waals surface area (Å²) >= 11 is 1.21. The van der Waals surface area contributed by atoms with E-state index in [1.54, 1.807) is 4.40 Å². The first kappa shape index (κ1) is 23.0. The Morgan fingerprint density at radius 2 is 1.84 bits per heavy atom. The van der Waals surface area contributed by atoms with Crippen LogP contribution in [-0.4, -0.2) is 99.3 Å². The zero-order chi connectivity index (χ0) is 22.7. The average Bonchev–Trinajstić information content (AvgIpc) is 3.46. The van der Waals surface area contributed by atoms with Gasteiger partial charge >= 0.3 is 0 Å². The number of aromatic nitrogens is 5. The third-order valence-corrected chi connectivity index (χ3v) is 8.17. The van der Waals surface area contributed by atoms with Gasteiger partial charge in [0.2, 0.25) is 17.8 Å². The maximum Gasteiger partial charge on any atom is 0.261 e. The summed E-state index contributed by atoms with van der Waals surface area (Å²) in [6, 6.07) is -0.534. The van der Waals surface area contributed by atoms with Crippen LogP contribution in [-0.2, 0) is 14.6 Å². The molecule has 4 heterocycles. The Bertz CT molecular complexity index is 1070. The summed E-state index contributed by atoms with van der Waals surface area (Å²) < 4.78 is 26.1. The highest BCUT2D eigenvalue weighted by molar-refractivity contribution is 7.99. The molecule has 32 heavy (non-hydrogen) atoms. The number of amides is 1. The number of hydrogen-bond donors (Lipinski definition) is 3. The van der Waals surface area contributed by atoms with E-state index in [0.717, 1.165) is 25.9 Å². The monoisotopic (exact) mass is 483 g/mol. The maximum atomic E-state index is 12.7. The van der Waals surface area contributed by atoms with Crippen molar-refractivity contribution in [3.63, 3.8) is 0 Å². The molecule has 0 aliphatic carbocycles. The number of rotatable bonds is 9. The number of nitrogens with one attached hydrogen (secondary N) is 3. The Balaban J connectivity index is 1.44. The van der Waals surface area contributed by atoms with E-state index in [1.807, 2.05) is 13.8 Å². The van der Waals surface area contributed by atoms with E-state index in [-0.39, 0.29) is 35.2 Å². The molecule has 2 aromatic rings. The summed E-state index contributed by atoms with van der Waals surface area (Å²) in [5.74, 6) is 1.33. The molecule has 2 unspecified atom stereocenters. The van der Waals surface area contributed by atoms with Gasteiger partial charge in [0.15, 0.2) is 15.0 Å².